The van der Waals surface area contributed by atoms with Gasteiger partial charge < -0.3 is 10.4 Å². The van der Waals surface area contributed by atoms with Gasteiger partial charge in [-0.3, -0.25) is 5.32 Å². The Balaban J connectivity index is 1.79. The van der Waals surface area contributed by atoms with E-state index < -0.39 is 6.09 Å². The summed E-state index contributed by atoms with van der Waals surface area (Å²) < 4.78 is 0.968. The van der Waals surface area contributed by atoms with Crippen molar-refractivity contribution in [3.63, 3.8) is 0 Å². The largest absolute Gasteiger partial charge is 0.465 e. The van der Waals surface area contributed by atoms with Crippen LogP contribution in [-0.2, 0) is 6.54 Å². The van der Waals surface area contributed by atoms with E-state index in [9.17, 15) is 4.79 Å². The lowest BCUT2D eigenvalue weighted by Crippen LogP contribution is -2.06. The third kappa shape index (κ3) is 3.49. The van der Waals surface area contributed by atoms with Gasteiger partial charge in [-0.25, -0.2) is 9.78 Å². The molecule has 0 aliphatic carbocycles. The molecule has 0 saturated carbocycles. The lowest BCUT2D eigenvalue weighted by atomic mass is 10.0. The van der Waals surface area contributed by atoms with Gasteiger partial charge in [-0.15, -0.1) is 0 Å². The summed E-state index contributed by atoms with van der Waals surface area (Å²) in [5.41, 5.74) is 6.83. The standard InChI is InChI=1S/C18H19N3O2S/c1-10-6-11(2)16(12(3)7-10)19-9-13-4-5-14-15(8-13)24-17(20-14)21-18(22)23/h4-8,19H,9H2,1-3H3,(H,20,21)(H,22,23). The van der Waals surface area contributed by atoms with Crippen LogP contribution in [0.2, 0.25) is 0 Å². The van der Waals surface area contributed by atoms with Crippen LogP contribution in [0.3, 0.4) is 0 Å². The minimum Gasteiger partial charge on any atom is -0.465 e. The topological polar surface area (TPSA) is 74.2 Å². The molecule has 0 atom stereocenters. The number of nitrogens with one attached hydrogen (secondary N) is 2. The van der Waals surface area contributed by atoms with Gasteiger partial charge in [0.15, 0.2) is 5.13 Å². The molecule has 1 heterocycles. The van der Waals surface area contributed by atoms with Gasteiger partial charge in [0.05, 0.1) is 10.2 Å². The number of amides is 1. The summed E-state index contributed by atoms with van der Waals surface area (Å²) in [7, 11) is 0. The van der Waals surface area contributed by atoms with Crippen molar-refractivity contribution in [1.82, 2.24) is 4.98 Å². The predicted octanol–water partition coefficient (Wildman–Crippen LogP) is 4.92. The first kappa shape index (κ1) is 16.3. The molecule has 0 aliphatic heterocycles. The molecule has 2 aromatic carbocycles. The number of carbonyl (C=O) groups is 1. The van der Waals surface area contributed by atoms with Crippen molar-refractivity contribution in [1.29, 1.82) is 0 Å². The van der Waals surface area contributed by atoms with Gasteiger partial charge in [-0.05, 0) is 49.6 Å². The Morgan fingerprint density at radius 3 is 2.54 bits per heavy atom. The van der Waals surface area contributed by atoms with Gasteiger partial charge in [-0.1, -0.05) is 35.1 Å². The number of hydrogen-bond acceptors (Lipinski definition) is 4. The number of hydrogen-bond donors (Lipinski definition) is 3. The highest BCUT2D eigenvalue weighted by atomic mass is 32.1. The number of carboxylic acid groups (broad SMARTS) is 1. The second-order valence-electron chi connectivity index (χ2n) is 5.88. The minimum atomic E-state index is -1.10. The number of aromatic nitrogens is 1. The highest BCUT2D eigenvalue weighted by molar-refractivity contribution is 7.22. The van der Waals surface area contributed by atoms with Gasteiger partial charge in [0.1, 0.15) is 0 Å². The molecule has 1 aromatic heterocycles. The summed E-state index contributed by atoms with van der Waals surface area (Å²) in [6.07, 6.45) is -1.10. The van der Waals surface area contributed by atoms with Crippen molar-refractivity contribution < 1.29 is 9.90 Å². The van der Waals surface area contributed by atoms with Crippen LogP contribution in [0, 0.1) is 20.8 Å². The summed E-state index contributed by atoms with van der Waals surface area (Å²) in [6, 6.07) is 10.3. The summed E-state index contributed by atoms with van der Waals surface area (Å²) in [5, 5.41) is 15.0. The van der Waals surface area contributed by atoms with E-state index >= 15 is 0 Å². The number of anilines is 2. The van der Waals surface area contributed by atoms with Crippen molar-refractivity contribution in [2.45, 2.75) is 27.3 Å². The summed E-state index contributed by atoms with van der Waals surface area (Å²) >= 11 is 1.34. The second kappa shape index (κ2) is 6.49. The van der Waals surface area contributed by atoms with Crippen LogP contribution < -0.4 is 10.6 Å². The van der Waals surface area contributed by atoms with E-state index in [-0.39, 0.29) is 0 Å². The average Bonchev–Trinajstić information content (AvgIpc) is 2.86. The monoisotopic (exact) mass is 341 g/mol. The Hall–Kier alpha value is -2.60. The summed E-state index contributed by atoms with van der Waals surface area (Å²) in [5.74, 6) is 0. The molecule has 0 radical (unpaired) electrons. The maximum Gasteiger partial charge on any atom is 0.410 e. The molecule has 3 N–H and O–H groups in total. The van der Waals surface area contributed by atoms with E-state index in [0.29, 0.717) is 11.7 Å². The third-order valence-corrected chi connectivity index (χ3v) is 4.75. The zero-order valence-corrected chi connectivity index (χ0v) is 14.6. The Labute approximate surface area is 144 Å². The lowest BCUT2D eigenvalue weighted by Gasteiger charge is -2.14. The number of aryl methyl sites for hydroxylation is 3. The predicted molar refractivity (Wildman–Crippen MR) is 99.2 cm³/mol. The van der Waals surface area contributed by atoms with E-state index in [0.717, 1.165) is 15.8 Å². The fraction of sp³-hybridized carbons (Fsp3) is 0.222. The van der Waals surface area contributed by atoms with Crippen LogP contribution in [0.5, 0.6) is 0 Å². The summed E-state index contributed by atoms with van der Waals surface area (Å²) in [6.45, 7) is 7.03. The molecular weight excluding hydrogens is 322 g/mol. The Bertz CT molecular complexity index is 895. The van der Waals surface area contributed by atoms with E-state index in [1.807, 2.05) is 18.2 Å². The van der Waals surface area contributed by atoms with E-state index in [1.54, 1.807) is 0 Å². The molecule has 3 aromatic rings. The van der Waals surface area contributed by atoms with E-state index in [2.05, 4.69) is 48.5 Å². The molecule has 5 nitrogen and oxygen atoms in total. The number of thiazole rings is 1. The average molecular weight is 341 g/mol. The number of nitrogens with zero attached hydrogens (tertiary/aromatic N) is 1. The molecule has 0 aliphatic rings. The zero-order chi connectivity index (χ0) is 17.3. The smallest absolute Gasteiger partial charge is 0.410 e. The molecule has 3 rings (SSSR count). The first-order valence-corrected chi connectivity index (χ1v) is 8.45. The first-order chi connectivity index (χ1) is 11.4. The Morgan fingerprint density at radius 1 is 1.17 bits per heavy atom. The van der Waals surface area contributed by atoms with Crippen LogP contribution in [0.25, 0.3) is 10.2 Å². The van der Waals surface area contributed by atoms with Gasteiger partial charge in [0, 0.05) is 12.2 Å². The van der Waals surface area contributed by atoms with Crippen LogP contribution in [0.4, 0.5) is 15.6 Å². The fourth-order valence-electron chi connectivity index (χ4n) is 2.87. The first-order valence-electron chi connectivity index (χ1n) is 7.63. The fourth-order valence-corrected chi connectivity index (χ4v) is 3.79. The SMILES string of the molecule is Cc1cc(C)c(NCc2ccc3nc(NC(=O)O)sc3c2)c(C)c1. The molecule has 0 fully saturated rings. The van der Waals surface area contributed by atoms with E-state index in [1.165, 1.54) is 33.7 Å². The second-order valence-corrected chi connectivity index (χ2v) is 6.91. The van der Waals surface area contributed by atoms with Crippen molar-refractivity contribution in [2.75, 3.05) is 10.6 Å². The Morgan fingerprint density at radius 2 is 1.88 bits per heavy atom. The molecule has 24 heavy (non-hydrogen) atoms. The minimum absolute atomic E-state index is 0.396. The summed E-state index contributed by atoms with van der Waals surface area (Å²) in [4.78, 5) is 15.0. The molecule has 0 unspecified atom stereocenters. The van der Waals surface area contributed by atoms with Gasteiger partial charge in [0.2, 0.25) is 0 Å². The maximum atomic E-state index is 10.7. The van der Waals surface area contributed by atoms with Crippen molar-refractivity contribution in [3.8, 4) is 0 Å². The maximum absolute atomic E-state index is 10.7. The van der Waals surface area contributed by atoms with Gasteiger partial charge >= 0.3 is 6.09 Å². The lowest BCUT2D eigenvalue weighted by molar-refractivity contribution is 0.210. The number of fused-ring (bicyclic) bond motifs is 1. The quantitative estimate of drug-likeness (QED) is 0.629. The third-order valence-electron chi connectivity index (χ3n) is 3.81. The molecule has 6 heteroatoms. The van der Waals surface area contributed by atoms with Crippen LogP contribution in [0.1, 0.15) is 22.3 Å². The van der Waals surface area contributed by atoms with Gasteiger partial charge in [-0.2, -0.15) is 0 Å². The van der Waals surface area contributed by atoms with E-state index in [4.69, 9.17) is 5.11 Å². The van der Waals surface area contributed by atoms with Crippen molar-refractivity contribution in [3.05, 3.63) is 52.6 Å². The van der Waals surface area contributed by atoms with Crippen molar-refractivity contribution >= 4 is 38.5 Å². The van der Waals surface area contributed by atoms with Crippen LogP contribution in [0.15, 0.2) is 30.3 Å². The molecule has 0 bridgehead atoms. The highest BCUT2D eigenvalue weighted by Gasteiger charge is 2.08. The zero-order valence-electron chi connectivity index (χ0n) is 13.8. The molecule has 124 valence electrons. The molecule has 0 saturated heterocycles. The Kier molecular flexibility index (Phi) is 4.40. The molecule has 0 spiro atoms. The highest BCUT2D eigenvalue weighted by Crippen LogP contribution is 2.28. The number of benzene rings is 2. The number of rotatable bonds is 4. The molecule has 1 amide bonds. The van der Waals surface area contributed by atoms with Crippen LogP contribution in [-0.4, -0.2) is 16.2 Å². The normalized spacial score (nSPS) is 10.8. The van der Waals surface area contributed by atoms with Crippen LogP contribution >= 0.6 is 11.3 Å². The van der Waals surface area contributed by atoms with Crippen molar-refractivity contribution in [2.24, 2.45) is 0 Å². The van der Waals surface area contributed by atoms with Gasteiger partial charge in [0.25, 0.3) is 0 Å². The molecular formula is C18H19N3O2S.